The van der Waals surface area contributed by atoms with E-state index in [0.29, 0.717) is 0 Å². The van der Waals surface area contributed by atoms with Gasteiger partial charge in [0.05, 0.1) is 0 Å². The zero-order valence-electron chi connectivity index (χ0n) is 10.9. The highest BCUT2D eigenvalue weighted by Crippen LogP contribution is 2.45. The number of benzene rings is 2. The van der Waals surface area contributed by atoms with E-state index in [2.05, 4.69) is 0 Å². The molecular weight excluding hydrogens is 243 g/mol. The molecule has 0 unspecified atom stereocenters. The van der Waals surface area contributed by atoms with Gasteiger partial charge in [-0.25, -0.2) is 0 Å². The second-order valence-corrected chi connectivity index (χ2v) is 6.74. The Bertz CT molecular complexity index is 555. The van der Waals surface area contributed by atoms with Gasteiger partial charge in [-0.05, 0) is 37.1 Å². The van der Waals surface area contributed by atoms with E-state index in [-0.39, 0.29) is 0 Å². The Balaban J connectivity index is 2.68. The van der Waals surface area contributed by atoms with Crippen LogP contribution in [-0.4, -0.2) is 7.11 Å². The van der Waals surface area contributed by atoms with Gasteiger partial charge in [-0.2, -0.15) is 0 Å². The highest BCUT2D eigenvalue weighted by atomic mass is 31.2. The van der Waals surface area contributed by atoms with E-state index in [9.17, 15) is 4.57 Å². The van der Waals surface area contributed by atoms with Crippen LogP contribution in [-0.2, 0) is 9.09 Å². The summed E-state index contributed by atoms with van der Waals surface area (Å²) in [7, 11) is -1.47. The Hall–Kier alpha value is -1.37. The van der Waals surface area contributed by atoms with Crippen LogP contribution < -0.4 is 10.6 Å². The zero-order chi connectivity index (χ0) is 13.2. The second kappa shape index (κ2) is 5.09. The van der Waals surface area contributed by atoms with Crippen molar-refractivity contribution in [2.75, 3.05) is 7.11 Å². The second-order valence-electron chi connectivity index (χ2n) is 4.31. The lowest BCUT2D eigenvalue weighted by Gasteiger charge is -2.20. The molecule has 0 aliphatic rings. The standard InChI is InChI=1S/C15H17O2P/c1-12-8-4-6-10-14(12)18(16,17-3)15-11-7-5-9-13(15)2/h4-11H,1-3H3. The van der Waals surface area contributed by atoms with E-state index < -0.39 is 7.37 Å². The molecule has 2 aromatic rings. The molecule has 3 heteroatoms. The average Bonchev–Trinajstić information content (AvgIpc) is 2.39. The van der Waals surface area contributed by atoms with Gasteiger partial charge in [0.2, 0.25) is 0 Å². The Morgan fingerprint density at radius 3 is 1.56 bits per heavy atom. The van der Waals surface area contributed by atoms with Gasteiger partial charge in [0.25, 0.3) is 7.37 Å². The van der Waals surface area contributed by atoms with Gasteiger partial charge in [0.1, 0.15) is 0 Å². The minimum Gasteiger partial charge on any atom is -0.325 e. The Morgan fingerprint density at radius 1 is 0.833 bits per heavy atom. The van der Waals surface area contributed by atoms with Crippen molar-refractivity contribution in [3.05, 3.63) is 59.7 Å². The van der Waals surface area contributed by atoms with Crippen molar-refractivity contribution in [2.24, 2.45) is 0 Å². The van der Waals surface area contributed by atoms with Crippen LogP contribution in [0.5, 0.6) is 0 Å². The first-order valence-corrected chi connectivity index (χ1v) is 7.50. The largest absolute Gasteiger partial charge is 0.325 e. The Labute approximate surface area is 108 Å². The third-order valence-electron chi connectivity index (χ3n) is 3.12. The summed E-state index contributed by atoms with van der Waals surface area (Å²) in [4.78, 5) is 0. The molecule has 18 heavy (non-hydrogen) atoms. The number of hydrogen-bond acceptors (Lipinski definition) is 2. The molecule has 0 aliphatic heterocycles. The average molecular weight is 260 g/mol. The lowest BCUT2D eigenvalue weighted by molar-refractivity contribution is 0.412. The van der Waals surface area contributed by atoms with Crippen LogP contribution in [0.2, 0.25) is 0 Å². The number of aryl methyl sites for hydroxylation is 2. The predicted molar refractivity (Wildman–Crippen MR) is 76.2 cm³/mol. The summed E-state index contributed by atoms with van der Waals surface area (Å²) < 4.78 is 18.6. The molecule has 0 aromatic heterocycles. The molecule has 0 radical (unpaired) electrons. The third-order valence-corrected chi connectivity index (χ3v) is 5.91. The fourth-order valence-electron chi connectivity index (χ4n) is 2.11. The lowest BCUT2D eigenvalue weighted by atomic mass is 10.2. The van der Waals surface area contributed by atoms with E-state index in [1.165, 1.54) is 7.11 Å². The maximum atomic E-state index is 13.2. The van der Waals surface area contributed by atoms with Crippen molar-refractivity contribution in [1.82, 2.24) is 0 Å². The molecule has 0 saturated heterocycles. The summed E-state index contributed by atoms with van der Waals surface area (Å²) in [5.74, 6) is 0. The van der Waals surface area contributed by atoms with Crippen LogP contribution in [0, 0.1) is 13.8 Å². The quantitative estimate of drug-likeness (QED) is 0.792. The highest BCUT2D eigenvalue weighted by molar-refractivity contribution is 7.74. The molecule has 0 amide bonds. The first-order valence-electron chi connectivity index (χ1n) is 5.88. The topological polar surface area (TPSA) is 26.3 Å². The molecule has 94 valence electrons. The molecule has 0 bridgehead atoms. The maximum Gasteiger partial charge on any atom is 0.261 e. The molecule has 0 spiro atoms. The summed E-state index contributed by atoms with van der Waals surface area (Å²) in [6.07, 6.45) is 0. The van der Waals surface area contributed by atoms with Crippen LogP contribution in [0.15, 0.2) is 48.5 Å². The Kier molecular flexibility index (Phi) is 3.70. The molecule has 0 saturated carbocycles. The van der Waals surface area contributed by atoms with Crippen molar-refractivity contribution in [3.63, 3.8) is 0 Å². The van der Waals surface area contributed by atoms with E-state index in [1.54, 1.807) is 0 Å². The molecule has 0 N–H and O–H groups in total. The molecule has 0 heterocycles. The fraction of sp³-hybridized carbons (Fsp3) is 0.200. The van der Waals surface area contributed by atoms with Crippen LogP contribution in [0.25, 0.3) is 0 Å². The van der Waals surface area contributed by atoms with E-state index in [0.717, 1.165) is 21.7 Å². The molecule has 0 fully saturated rings. The van der Waals surface area contributed by atoms with Crippen LogP contribution in [0.4, 0.5) is 0 Å². The van der Waals surface area contributed by atoms with Crippen molar-refractivity contribution in [3.8, 4) is 0 Å². The minimum absolute atomic E-state index is 0.779. The lowest BCUT2D eigenvalue weighted by Crippen LogP contribution is -2.21. The first-order chi connectivity index (χ1) is 8.59. The van der Waals surface area contributed by atoms with Gasteiger partial charge in [-0.3, -0.25) is 4.57 Å². The summed E-state index contributed by atoms with van der Waals surface area (Å²) in [6.45, 7) is 3.92. The molecular formula is C15H17O2P. The Morgan fingerprint density at radius 2 is 1.22 bits per heavy atom. The van der Waals surface area contributed by atoms with Gasteiger partial charge in [-0.1, -0.05) is 36.4 Å². The van der Waals surface area contributed by atoms with Gasteiger partial charge < -0.3 is 4.52 Å². The van der Waals surface area contributed by atoms with E-state index in [1.807, 2.05) is 62.4 Å². The summed E-state index contributed by atoms with van der Waals surface area (Å²) >= 11 is 0. The highest BCUT2D eigenvalue weighted by Gasteiger charge is 2.29. The summed E-state index contributed by atoms with van der Waals surface area (Å²) in [6, 6.07) is 15.3. The van der Waals surface area contributed by atoms with Gasteiger partial charge in [0, 0.05) is 17.7 Å². The van der Waals surface area contributed by atoms with Crippen LogP contribution in [0.3, 0.4) is 0 Å². The van der Waals surface area contributed by atoms with Gasteiger partial charge in [0.15, 0.2) is 0 Å². The fourth-order valence-corrected chi connectivity index (χ4v) is 4.41. The zero-order valence-corrected chi connectivity index (χ0v) is 11.8. The monoisotopic (exact) mass is 260 g/mol. The molecule has 2 rings (SSSR count). The van der Waals surface area contributed by atoms with Crippen molar-refractivity contribution in [2.45, 2.75) is 13.8 Å². The third kappa shape index (κ3) is 2.14. The summed E-state index contributed by atoms with van der Waals surface area (Å²) in [5.41, 5.74) is 1.98. The van der Waals surface area contributed by atoms with Crippen molar-refractivity contribution < 1.29 is 9.09 Å². The van der Waals surface area contributed by atoms with Crippen molar-refractivity contribution in [1.29, 1.82) is 0 Å². The van der Waals surface area contributed by atoms with E-state index in [4.69, 9.17) is 4.52 Å². The predicted octanol–water partition coefficient (Wildman–Crippen LogP) is 3.18. The number of rotatable bonds is 3. The molecule has 0 aliphatic carbocycles. The molecule has 2 nitrogen and oxygen atoms in total. The minimum atomic E-state index is -2.98. The first kappa shape index (κ1) is 13.1. The summed E-state index contributed by atoms with van der Waals surface area (Å²) in [5, 5.41) is 1.56. The molecule has 2 aromatic carbocycles. The van der Waals surface area contributed by atoms with E-state index >= 15 is 0 Å². The van der Waals surface area contributed by atoms with Crippen LogP contribution in [0.1, 0.15) is 11.1 Å². The van der Waals surface area contributed by atoms with Crippen molar-refractivity contribution >= 4 is 18.0 Å². The molecule has 0 atom stereocenters. The van der Waals surface area contributed by atoms with Gasteiger partial charge in [-0.15, -0.1) is 0 Å². The van der Waals surface area contributed by atoms with Gasteiger partial charge >= 0.3 is 0 Å². The van der Waals surface area contributed by atoms with Crippen LogP contribution >= 0.6 is 7.37 Å². The normalized spacial score (nSPS) is 11.5. The smallest absolute Gasteiger partial charge is 0.261 e. The SMILES string of the molecule is COP(=O)(c1ccccc1C)c1ccccc1C. The number of hydrogen-bond donors (Lipinski definition) is 0. The maximum absolute atomic E-state index is 13.2.